The standard InChI is InChI=1S/C14H17BrClNO2/c15-10-4-5-11(12(16)8-10)13(18)17-9-14(19)6-2-1-3-7-14/h4-5,8,19H,1-3,6-7,9H2,(H,17,18). The first-order valence-corrected chi connectivity index (χ1v) is 7.63. The van der Waals surface area contributed by atoms with Crippen LogP contribution in [0.4, 0.5) is 0 Å². The average Bonchev–Trinajstić information content (AvgIpc) is 2.37. The lowest BCUT2D eigenvalue weighted by Crippen LogP contribution is -2.44. The monoisotopic (exact) mass is 345 g/mol. The summed E-state index contributed by atoms with van der Waals surface area (Å²) in [5.41, 5.74) is -0.320. The first kappa shape index (κ1) is 14.8. The zero-order valence-corrected chi connectivity index (χ0v) is 12.9. The van der Waals surface area contributed by atoms with Crippen molar-refractivity contribution in [2.24, 2.45) is 0 Å². The quantitative estimate of drug-likeness (QED) is 0.879. The molecule has 0 spiro atoms. The van der Waals surface area contributed by atoms with E-state index in [1.54, 1.807) is 18.2 Å². The van der Waals surface area contributed by atoms with Gasteiger partial charge in [-0.05, 0) is 31.0 Å². The summed E-state index contributed by atoms with van der Waals surface area (Å²) in [5, 5.41) is 13.5. The maximum Gasteiger partial charge on any atom is 0.252 e. The van der Waals surface area contributed by atoms with Crippen molar-refractivity contribution in [3.05, 3.63) is 33.3 Å². The van der Waals surface area contributed by atoms with Gasteiger partial charge in [-0.15, -0.1) is 0 Å². The summed E-state index contributed by atoms with van der Waals surface area (Å²) < 4.78 is 0.833. The third-order valence-electron chi connectivity index (χ3n) is 3.54. The Morgan fingerprint density at radius 3 is 2.68 bits per heavy atom. The summed E-state index contributed by atoms with van der Waals surface area (Å²) >= 11 is 9.33. The van der Waals surface area contributed by atoms with E-state index in [9.17, 15) is 9.90 Å². The number of halogens is 2. The summed E-state index contributed by atoms with van der Waals surface area (Å²) in [7, 11) is 0. The Balaban J connectivity index is 1.97. The van der Waals surface area contributed by atoms with E-state index in [1.807, 2.05) is 0 Å². The van der Waals surface area contributed by atoms with Gasteiger partial charge in [0.05, 0.1) is 16.2 Å². The van der Waals surface area contributed by atoms with Crippen LogP contribution in [0.2, 0.25) is 5.02 Å². The van der Waals surface area contributed by atoms with Crippen LogP contribution in [-0.4, -0.2) is 23.2 Å². The van der Waals surface area contributed by atoms with Crippen LogP contribution in [0.5, 0.6) is 0 Å². The van der Waals surface area contributed by atoms with E-state index in [2.05, 4.69) is 21.2 Å². The largest absolute Gasteiger partial charge is 0.388 e. The van der Waals surface area contributed by atoms with Gasteiger partial charge in [0.1, 0.15) is 0 Å². The SMILES string of the molecule is O=C(NCC1(O)CCCCC1)c1ccc(Br)cc1Cl. The van der Waals surface area contributed by atoms with E-state index >= 15 is 0 Å². The summed E-state index contributed by atoms with van der Waals surface area (Å²) in [6.45, 7) is 0.290. The molecular weight excluding hydrogens is 330 g/mol. The van der Waals surface area contributed by atoms with Crippen LogP contribution in [-0.2, 0) is 0 Å². The molecule has 0 saturated heterocycles. The van der Waals surface area contributed by atoms with Crippen molar-refractivity contribution in [1.29, 1.82) is 0 Å². The second kappa shape index (κ2) is 6.25. The molecule has 19 heavy (non-hydrogen) atoms. The van der Waals surface area contributed by atoms with Gasteiger partial charge in [0.25, 0.3) is 5.91 Å². The molecule has 1 amide bonds. The number of amides is 1. The fraction of sp³-hybridized carbons (Fsp3) is 0.500. The van der Waals surface area contributed by atoms with Gasteiger partial charge in [-0.3, -0.25) is 4.79 Å². The molecule has 0 unspecified atom stereocenters. The predicted molar refractivity (Wildman–Crippen MR) is 79.5 cm³/mol. The number of rotatable bonds is 3. The van der Waals surface area contributed by atoms with Gasteiger partial charge >= 0.3 is 0 Å². The van der Waals surface area contributed by atoms with Crippen molar-refractivity contribution < 1.29 is 9.90 Å². The molecule has 1 aromatic carbocycles. The van der Waals surface area contributed by atoms with Crippen LogP contribution < -0.4 is 5.32 Å². The lowest BCUT2D eigenvalue weighted by Gasteiger charge is -2.32. The highest BCUT2D eigenvalue weighted by atomic mass is 79.9. The number of aliphatic hydroxyl groups is 1. The molecule has 104 valence electrons. The fourth-order valence-electron chi connectivity index (χ4n) is 2.40. The lowest BCUT2D eigenvalue weighted by atomic mass is 9.85. The van der Waals surface area contributed by atoms with Crippen LogP contribution >= 0.6 is 27.5 Å². The second-order valence-corrected chi connectivity index (χ2v) is 6.41. The Bertz CT molecular complexity index is 473. The van der Waals surface area contributed by atoms with Gasteiger partial charge in [0.2, 0.25) is 0 Å². The summed E-state index contributed by atoms with van der Waals surface area (Å²) in [6, 6.07) is 5.13. The summed E-state index contributed by atoms with van der Waals surface area (Å²) in [5.74, 6) is -0.239. The molecule has 0 atom stereocenters. The molecule has 3 nitrogen and oxygen atoms in total. The molecule has 1 aliphatic rings. The Hall–Kier alpha value is -0.580. The van der Waals surface area contributed by atoms with Crippen molar-refractivity contribution in [3.63, 3.8) is 0 Å². The van der Waals surface area contributed by atoms with Crippen molar-refractivity contribution >= 4 is 33.4 Å². The topological polar surface area (TPSA) is 49.3 Å². The van der Waals surface area contributed by atoms with Crippen LogP contribution in [0.1, 0.15) is 42.5 Å². The number of benzene rings is 1. The van der Waals surface area contributed by atoms with Crippen LogP contribution in [0.15, 0.2) is 22.7 Å². The van der Waals surface area contributed by atoms with Crippen molar-refractivity contribution in [1.82, 2.24) is 5.32 Å². The van der Waals surface area contributed by atoms with Gasteiger partial charge in [-0.2, -0.15) is 0 Å². The van der Waals surface area contributed by atoms with E-state index in [1.165, 1.54) is 0 Å². The number of hydrogen-bond donors (Lipinski definition) is 2. The second-order valence-electron chi connectivity index (χ2n) is 5.09. The third kappa shape index (κ3) is 3.94. The van der Waals surface area contributed by atoms with Gasteiger partial charge in [-0.25, -0.2) is 0 Å². The van der Waals surface area contributed by atoms with E-state index in [0.29, 0.717) is 10.6 Å². The smallest absolute Gasteiger partial charge is 0.252 e. The molecule has 2 rings (SSSR count). The molecule has 1 fully saturated rings. The highest BCUT2D eigenvalue weighted by Gasteiger charge is 2.29. The zero-order chi connectivity index (χ0) is 13.9. The highest BCUT2D eigenvalue weighted by Crippen LogP contribution is 2.27. The van der Waals surface area contributed by atoms with E-state index in [0.717, 1.165) is 36.6 Å². The Labute approximate surface area is 126 Å². The molecule has 0 aliphatic heterocycles. The molecule has 2 N–H and O–H groups in total. The van der Waals surface area contributed by atoms with Crippen LogP contribution in [0, 0.1) is 0 Å². The number of carbonyl (C=O) groups is 1. The van der Waals surface area contributed by atoms with Gasteiger partial charge in [0.15, 0.2) is 0 Å². The first-order chi connectivity index (χ1) is 9.00. The minimum Gasteiger partial charge on any atom is -0.388 e. The molecule has 0 bridgehead atoms. The fourth-order valence-corrected chi connectivity index (χ4v) is 3.16. The third-order valence-corrected chi connectivity index (χ3v) is 4.34. The van der Waals surface area contributed by atoms with Crippen molar-refractivity contribution in [3.8, 4) is 0 Å². The molecule has 5 heteroatoms. The van der Waals surface area contributed by atoms with Crippen LogP contribution in [0.25, 0.3) is 0 Å². The molecule has 0 aromatic heterocycles. The maximum atomic E-state index is 12.0. The average molecular weight is 347 g/mol. The van der Waals surface area contributed by atoms with Crippen LogP contribution in [0.3, 0.4) is 0 Å². The number of nitrogens with one attached hydrogen (secondary N) is 1. The Kier molecular flexibility index (Phi) is 4.87. The van der Waals surface area contributed by atoms with E-state index in [-0.39, 0.29) is 12.5 Å². The maximum absolute atomic E-state index is 12.0. The molecule has 0 heterocycles. The van der Waals surface area contributed by atoms with Gasteiger partial charge < -0.3 is 10.4 Å². The summed E-state index contributed by atoms with van der Waals surface area (Å²) in [4.78, 5) is 12.0. The molecule has 0 radical (unpaired) electrons. The number of carbonyl (C=O) groups excluding carboxylic acids is 1. The number of hydrogen-bond acceptors (Lipinski definition) is 2. The molecule has 1 aromatic rings. The van der Waals surface area contributed by atoms with Gasteiger partial charge in [0, 0.05) is 11.0 Å². The van der Waals surface area contributed by atoms with E-state index in [4.69, 9.17) is 11.6 Å². The minimum absolute atomic E-state index is 0.239. The van der Waals surface area contributed by atoms with E-state index < -0.39 is 5.60 Å². The minimum atomic E-state index is -0.754. The zero-order valence-electron chi connectivity index (χ0n) is 10.6. The van der Waals surface area contributed by atoms with Crippen molar-refractivity contribution in [2.45, 2.75) is 37.7 Å². The predicted octanol–water partition coefficient (Wildman–Crippen LogP) is 3.53. The lowest BCUT2D eigenvalue weighted by molar-refractivity contribution is 0.00526. The molecular formula is C14H17BrClNO2. The Morgan fingerprint density at radius 2 is 2.05 bits per heavy atom. The normalized spacial score (nSPS) is 18.1. The van der Waals surface area contributed by atoms with Gasteiger partial charge in [-0.1, -0.05) is 46.8 Å². The Morgan fingerprint density at radius 1 is 1.37 bits per heavy atom. The first-order valence-electron chi connectivity index (χ1n) is 6.46. The molecule has 1 aliphatic carbocycles. The summed E-state index contributed by atoms with van der Waals surface area (Å²) in [6.07, 6.45) is 4.70. The molecule has 1 saturated carbocycles. The van der Waals surface area contributed by atoms with Crippen molar-refractivity contribution in [2.75, 3.05) is 6.54 Å². The highest BCUT2D eigenvalue weighted by molar-refractivity contribution is 9.10.